The van der Waals surface area contributed by atoms with Gasteiger partial charge in [-0.1, -0.05) is 32.6 Å². The molecule has 0 unspecified atom stereocenters. The van der Waals surface area contributed by atoms with E-state index in [9.17, 15) is 30.7 Å². The van der Waals surface area contributed by atoms with Crippen molar-refractivity contribution < 1.29 is 35.5 Å². The van der Waals surface area contributed by atoms with Crippen LogP contribution in [-0.2, 0) is 0 Å². The van der Waals surface area contributed by atoms with Gasteiger partial charge in [0.05, 0.1) is 0 Å². The van der Waals surface area contributed by atoms with Gasteiger partial charge in [-0.2, -0.15) is 22.0 Å². The van der Waals surface area contributed by atoms with Crippen LogP contribution in [0.4, 0.5) is 30.7 Å². The number of hydrogen-bond acceptors (Lipinski definition) is 1. The molecule has 180 valence electrons. The number of halogens is 7. The molecule has 0 aromatic heterocycles. The topological polar surface area (TPSA) is 9.23 Å². The quantitative estimate of drug-likeness (QED) is 0.365. The minimum atomic E-state index is -5.17. The van der Waals surface area contributed by atoms with Crippen LogP contribution < -0.4 is 4.74 Å². The Kier molecular flexibility index (Phi) is 8.15. The van der Waals surface area contributed by atoms with Crippen LogP contribution in [0.3, 0.4) is 0 Å². The summed E-state index contributed by atoms with van der Waals surface area (Å²) >= 11 is 0. The third-order valence-corrected chi connectivity index (χ3v) is 7.17. The van der Waals surface area contributed by atoms with Crippen molar-refractivity contribution >= 4 is 0 Å². The van der Waals surface area contributed by atoms with E-state index in [0.29, 0.717) is 17.4 Å². The maximum Gasteiger partial charge on any atom is 0.459 e. The maximum absolute atomic E-state index is 14.3. The van der Waals surface area contributed by atoms with Gasteiger partial charge in [0, 0.05) is 0 Å². The van der Waals surface area contributed by atoms with Gasteiger partial charge in [0.15, 0.2) is 17.4 Å². The highest BCUT2D eigenvalue weighted by Gasteiger charge is 2.44. The second-order valence-electron chi connectivity index (χ2n) is 9.19. The molecule has 0 radical (unpaired) electrons. The standard InChI is InChI=1S/C24H29F7O/c1-2-3-14-4-6-15(7-5-14)16-8-10-17(11-9-16)18-12-19(25)21(20(26)13-18)32-24(30,31)22(27)23(28)29/h12-17H,2-11H2,1H3. The summed E-state index contributed by atoms with van der Waals surface area (Å²) in [6.45, 7) is 2.21. The van der Waals surface area contributed by atoms with Crippen LogP contribution in [0.25, 0.3) is 0 Å². The molecule has 0 heterocycles. The van der Waals surface area contributed by atoms with Crippen LogP contribution in [0, 0.1) is 29.4 Å². The molecule has 1 aromatic carbocycles. The smallest absolute Gasteiger partial charge is 0.421 e. The summed E-state index contributed by atoms with van der Waals surface area (Å²) in [6.07, 6.45) is 2.37. The van der Waals surface area contributed by atoms with E-state index in [1.54, 1.807) is 0 Å². The van der Waals surface area contributed by atoms with Crippen molar-refractivity contribution in [2.75, 3.05) is 0 Å². The molecule has 32 heavy (non-hydrogen) atoms. The van der Waals surface area contributed by atoms with Crippen LogP contribution in [0.2, 0.25) is 0 Å². The Morgan fingerprint density at radius 2 is 1.38 bits per heavy atom. The van der Waals surface area contributed by atoms with Crippen LogP contribution >= 0.6 is 0 Å². The Morgan fingerprint density at radius 3 is 1.84 bits per heavy atom. The monoisotopic (exact) mass is 466 g/mol. The number of rotatable bonds is 7. The number of hydrogen-bond donors (Lipinski definition) is 0. The molecule has 0 saturated heterocycles. The molecular formula is C24H29F7O. The number of ether oxygens (including phenoxy) is 1. The van der Waals surface area contributed by atoms with Gasteiger partial charge in [-0.15, -0.1) is 0 Å². The van der Waals surface area contributed by atoms with E-state index < -0.39 is 35.4 Å². The first kappa shape index (κ1) is 24.9. The fraction of sp³-hybridized carbons (Fsp3) is 0.667. The van der Waals surface area contributed by atoms with Gasteiger partial charge in [0.25, 0.3) is 5.83 Å². The molecule has 0 spiro atoms. The SMILES string of the molecule is CCCC1CCC(C2CCC(c3cc(F)c(OC(F)(F)C(F)=C(F)F)c(F)c3)CC2)CC1. The highest BCUT2D eigenvalue weighted by atomic mass is 19.3. The predicted octanol–water partition coefficient (Wildman–Crippen LogP) is 8.89. The Labute approximate surface area is 184 Å². The second kappa shape index (κ2) is 10.5. The van der Waals surface area contributed by atoms with E-state index in [-0.39, 0.29) is 5.92 Å². The average molecular weight is 466 g/mol. The van der Waals surface area contributed by atoms with E-state index in [1.165, 1.54) is 38.5 Å². The Hall–Kier alpha value is -1.73. The molecule has 0 amide bonds. The van der Waals surface area contributed by atoms with Gasteiger partial charge < -0.3 is 4.74 Å². The first-order valence-corrected chi connectivity index (χ1v) is 11.4. The van der Waals surface area contributed by atoms with Crippen LogP contribution in [0.1, 0.15) is 82.6 Å². The lowest BCUT2D eigenvalue weighted by atomic mass is 9.68. The minimum Gasteiger partial charge on any atom is -0.421 e. The molecule has 2 aliphatic carbocycles. The molecule has 0 bridgehead atoms. The minimum absolute atomic E-state index is 0.124. The van der Waals surface area contributed by atoms with Gasteiger partial charge in [-0.3, -0.25) is 0 Å². The zero-order chi connectivity index (χ0) is 23.5. The van der Waals surface area contributed by atoms with Gasteiger partial charge >= 0.3 is 12.2 Å². The highest BCUT2D eigenvalue weighted by molar-refractivity contribution is 5.34. The molecule has 0 atom stereocenters. The van der Waals surface area contributed by atoms with E-state index in [0.717, 1.165) is 43.7 Å². The molecule has 2 saturated carbocycles. The van der Waals surface area contributed by atoms with Gasteiger partial charge in [0.2, 0.25) is 0 Å². The fourth-order valence-corrected chi connectivity index (χ4v) is 5.48. The average Bonchev–Trinajstić information content (AvgIpc) is 2.76. The van der Waals surface area contributed by atoms with Crippen molar-refractivity contribution in [3.63, 3.8) is 0 Å². The lowest BCUT2D eigenvalue weighted by Crippen LogP contribution is -2.27. The fourth-order valence-electron chi connectivity index (χ4n) is 5.48. The lowest BCUT2D eigenvalue weighted by molar-refractivity contribution is -0.162. The summed E-state index contributed by atoms with van der Waals surface area (Å²) in [7, 11) is 0. The summed E-state index contributed by atoms with van der Waals surface area (Å²) < 4.78 is 96.1. The Morgan fingerprint density at radius 1 is 0.875 bits per heavy atom. The van der Waals surface area contributed by atoms with Crippen LogP contribution in [-0.4, -0.2) is 6.11 Å². The van der Waals surface area contributed by atoms with Crippen molar-refractivity contribution in [3.8, 4) is 5.75 Å². The summed E-state index contributed by atoms with van der Waals surface area (Å²) in [5.74, 6) is -5.70. The molecule has 2 fully saturated rings. The third kappa shape index (κ3) is 5.79. The molecule has 1 nitrogen and oxygen atoms in total. The van der Waals surface area contributed by atoms with E-state index in [1.807, 2.05) is 0 Å². The van der Waals surface area contributed by atoms with Crippen molar-refractivity contribution in [3.05, 3.63) is 41.2 Å². The third-order valence-electron chi connectivity index (χ3n) is 7.17. The zero-order valence-electron chi connectivity index (χ0n) is 18.1. The van der Waals surface area contributed by atoms with Gasteiger partial charge in [0.1, 0.15) is 0 Å². The maximum atomic E-state index is 14.3. The van der Waals surface area contributed by atoms with E-state index in [4.69, 9.17) is 0 Å². The Bertz CT molecular complexity index is 780. The van der Waals surface area contributed by atoms with Crippen LogP contribution in [0.5, 0.6) is 5.75 Å². The first-order valence-electron chi connectivity index (χ1n) is 11.4. The normalized spacial score (nSPS) is 26.6. The van der Waals surface area contributed by atoms with Crippen LogP contribution in [0.15, 0.2) is 24.0 Å². The summed E-state index contributed by atoms with van der Waals surface area (Å²) in [4.78, 5) is 0. The molecular weight excluding hydrogens is 437 g/mol. The molecule has 1 aromatic rings. The zero-order valence-corrected chi connectivity index (χ0v) is 18.1. The van der Waals surface area contributed by atoms with Crippen molar-refractivity contribution in [2.45, 2.75) is 83.2 Å². The highest BCUT2D eigenvalue weighted by Crippen LogP contribution is 2.45. The second-order valence-corrected chi connectivity index (χ2v) is 9.19. The molecule has 0 aliphatic heterocycles. The molecule has 8 heteroatoms. The van der Waals surface area contributed by atoms with E-state index in [2.05, 4.69) is 11.7 Å². The van der Waals surface area contributed by atoms with Gasteiger partial charge in [-0.05, 0) is 79.9 Å². The van der Waals surface area contributed by atoms with Crippen molar-refractivity contribution in [2.24, 2.45) is 17.8 Å². The predicted molar refractivity (Wildman–Crippen MR) is 107 cm³/mol. The van der Waals surface area contributed by atoms with E-state index >= 15 is 0 Å². The molecule has 0 N–H and O–H groups in total. The summed E-state index contributed by atoms with van der Waals surface area (Å²) in [5.41, 5.74) is 0.313. The number of alkyl halides is 2. The lowest BCUT2D eigenvalue weighted by Gasteiger charge is -2.38. The summed E-state index contributed by atoms with van der Waals surface area (Å²) in [6, 6.07) is 1.76. The molecule has 3 rings (SSSR count). The Balaban J connectivity index is 1.61. The van der Waals surface area contributed by atoms with Crippen molar-refractivity contribution in [1.82, 2.24) is 0 Å². The van der Waals surface area contributed by atoms with Crippen molar-refractivity contribution in [1.29, 1.82) is 0 Å². The summed E-state index contributed by atoms with van der Waals surface area (Å²) in [5, 5.41) is 0. The van der Waals surface area contributed by atoms with Gasteiger partial charge in [-0.25, -0.2) is 8.78 Å². The number of benzene rings is 1. The molecule has 2 aliphatic rings. The largest absolute Gasteiger partial charge is 0.459 e. The first-order chi connectivity index (χ1) is 15.1.